The average Bonchev–Trinajstić information content (AvgIpc) is 2.35. The number of aromatic hydroxyl groups is 1. The molecule has 18 heavy (non-hydrogen) atoms. The summed E-state index contributed by atoms with van der Waals surface area (Å²) in [4.78, 5) is 11.8. The summed E-state index contributed by atoms with van der Waals surface area (Å²) in [5, 5.41) is 15.4. The molecule has 1 amide bonds. The van der Waals surface area contributed by atoms with Crippen LogP contribution < -0.4 is 10.6 Å². The van der Waals surface area contributed by atoms with E-state index in [9.17, 15) is 9.90 Å². The van der Waals surface area contributed by atoms with E-state index in [-0.39, 0.29) is 22.7 Å². The molecule has 1 aromatic carbocycles. The van der Waals surface area contributed by atoms with Gasteiger partial charge in [0.1, 0.15) is 5.75 Å². The summed E-state index contributed by atoms with van der Waals surface area (Å²) in [5.74, 6) is -0.114. The second-order valence-electron chi connectivity index (χ2n) is 4.14. The number of phenolic OH excluding ortho intramolecular Hbond substituents is 1. The van der Waals surface area contributed by atoms with Crippen LogP contribution in [0.25, 0.3) is 0 Å². The fourth-order valence-corrected chi connectivity index (χ4v) is 1.95. The number of amides is 1. The van der Waals surface area contributed by atoms with Gasteiger partial charge in [0.15, 0.2) is 0 Å². The maximum atomic E-state index is 11.8. The monoisotopic (exact) mass is 270 g/mol. The van der Waals surface area contributed by atoms with Crippen molar-refractivity contribution in [3.05, 3.63) is 23.2 Å². The molecule has 6 heteroatoms. The van der Waals surface area contributed by atoms with Gasteiger partial charge in [0, 0.05) is 24.7 Å². The number of nitrogens with one attached hydrogen (secondary N) is 2. The molecular weight excluding hydrogens is 256 g/mol. The third kappa shape index (κ3) is 3.60. The minimum atomic E-state index is -0.111. The summed E-state index contributed by atoms with van der Waals surface area (Å²) in [6, 6.07) is 4.61. The number of hydrogen-bond donors (Lipinski definition) is 3. The van der Waals surface area contributed by atoms with E-state index in [0.717, 1.165) is 6.54 Å². The molecule has 2 rings (SSSR count). The van der Waals surface area contributed by atoms with Crippen molar-refractivity contribution in [1.29, 1.82) is 0 Å². The third-order valence-corrected chi connectivity index (χ3v) is 2.96. The van der Waals surface area contributed by atoms with E-state index in [1.165, 1.54) is 12.1 Å². The number of hydrogen-bond acceptors (Lipinski definition) is 4. The Kier molecular flexibility index (Phi) is 4.41. The maximum absolute atomic E-state index is 11.8. The largest absolute Gasteiger partial charge is 0.506 e. The van der Waals surface area contributed by atoms with Gasteiger partial charge in [-0.05, 0) is 18.2 Å². The van der Waals surface area contributed by atoms with Crippen LogP contribution in [0, 0.1) is 0 Å². The highest BCUT2D eigenvalue weighted by Crippen LogP contribution is 2.26. The first-order valence-electron chi connectivity index (χ1n) is 5.74. The Bertz CT molecular complexity index is 433. The van der Waals surface area contributed by atoms with Gasteiger partial charge in [0.25, 0.3) is 0 Å². The SMILES string of the molecule is O=C(CC1COCCN1)Nc1ccc(O)c(Cl)c1. The number of rotatable bonds is 3. The number of carbonyl (C=O) groups is 1. The molecule has 98 valence electrons. The van der Waals surface area contributed by atoms with Gasteiger partial charge < -0.3 is 20.5 Å². The molecule has 1 saturated heterocycles. The molecule has 1 unspecified atom stereocenters. The number of carbonyl (C=O) groups excluding carboxylic acids is 1. The van der Waals surface area contributed by atoms with Crippen molar-refractivity contribution in [2.75, 3.05) is 25.1 Å². The second kappa shape index (κ2) is 6.04. The van der Waals surface area contributed by atoms with Crippen molar-refractivity contribution >= 4 is 23.2 Å². The van der Waals surface area contributed by atoms with Crippen LogP contribution in [-0.4, -0.2) is 36.8 Å². The molecular formula is C12H15ClN2O3. The summed E-state index contributed by atoms with van der Waals surface area (Å²) >= 11 is 5.76. The smallest absolute Gasteiger partial charge is 0.226 e. The van der Waals surface area contributed by atoms with Gasteiger partial charge in [-0.1, -0.05) is 11.6 Å². The molecule has 0 radical (unpaired) electrons. The van der Waals surface area contributed by atoms with Crippen molar-refractivity contribution in [2.24, 2.45) is 0 Å². The standard InChI is InChI=1S/C12H15ClN2O3/c13-10-5-8(1-2-11(10)16)15-12(17)6-9-7-18-4-3-14-9/h1-2,5,9,14,16H,3-4,6-7H2,(H,15,17). The molecule has 1 aliphatic rings. The predicted octanol–water partition coefficient (Wildman–Crippen LogP) is 1.36. The van der Waals surface area contributed by atoms with Gasteiger partial charge in [-0.2, -0.15) is 0 Å². The van der Waals surface area contributed by atoms with Crippen LogP contribution in [-0.2, 0) is 9.53 Å². The zero-order valence-electron chi connectivity index (χ0n) is 9.78. The van der Waals surface area contributed by atoms with E-state index in [0.29, 0.717) is 25.3 Å². The summed E-state index contributed by atoms with van der Waals surface area (Å²) < 4.78 is 5.27. The number of ether oxygens (including phenoxy) is 1. The van der Waals surface area contributed by atoms with Gasteiger partial charge in [0.2, 0.25) is 5.91 Å². The Morgan fingerprint density at radius 2 is 2.44 bits per heavy atom. The minimum Gasteiger partial charge on any atom is -0.506 e. The molecule has 5 nitrogen and oxygen atoms in total. The summed E-state index contributed by atoms with van der Waals surface area (Å²) in [6.07, 6.45) is 0.346. The lowest BCUT2D eigenvalue weighted by molar-refractivity contribution is -0.117. The van der Waals surface area contributed by atoms with E-state index in [4.69, 9.17) is 16.3 Å². The fraction of sp³-hybridized carbons (Fsp3) is 0.417. The lowest BCUT2D eigenvalue weighted by atomic mass is 10.2. The Morgan fingerprint density at radius 1 is 1.61 bits per heavy atom. The molecule has 1 fully saturated rings. The summed E-state index contributed by atoms with van der Waals surface area (Å²) in [6.45, 7) is 2.00. The van der Waals surface area contributed by atoms with Gasteiger partial charge in [0.05, 0.1) is 18.2 Å². The average molecular weight is 271 g/mol. The normalized spacial score (nSPS) is 19.5. The first-order chi connectivity index (χ1) is 8.65. The highest BCUT2D eigenvalue weighted by atomic mass is 35.5. The van der Waals surface area contributed by atoms with E-state index in [1.54, 1.807) is 6.07 Å². The number of anilines is 1. The molecule has 1 atom stereocenters. The lowest BCUT2D eigenvalue weighted by Crippen LogP contribution is -2.43. The van der Waals surface area contributed by atoms with E-state index in [2.05, 4.69) is 10.6 Å². The molecule has 0 bridgehead atoms. The molecule has 0 saturated carbocycles. The van der Waals surface area contributed by atoms with Crippen molar-refractivity contribution in [1.82, 2.24) is 5.32 Å². The molecule has 1 heterocycles. The third-order valence-electron chi connectivity index (χ3n) is 2.66. The molecule has 0 aromatic heterocycles. The van der Waals surface area contributed by atoms with E-state index < -0.39 is 0 Å². The molecule has 1 aromatic rings. The first kappa shape index (κ1) is 13.1. The van der Waals surface area contributed by atoms with Gasteiger partial charge in [-0.3, -0.25) is 4.79 Å². The minimum absolute atomic E-state index is 0.00277. The summed E-state index contributed by atoms with van der Waals surface area (Å²) in [5.41, 5.74) is 0.569. The Morgan fingerprint density at radius 3 is 3.11 bits per heavy atom. The van der Waals surface area contributed by atoms with Crippen LogP contribution in [0.2, 0.25) is 5.02 Å². The van der Waals surface area contributed by atoms with E-state index in [1.807, 2.05) is 0 Å². The van der Waals surface area contributed by atoms with Crippen LogP contribution in [0.4, 0.5) is 5.69 Å². The number of phenols is 1. The fourth-order valence-electron chi connectivity index (χ4n) is 1.77. The van der Waals surface area contributed by atoms with Crippen molar-refractivity contribution < 1.29 is 14.6 Å². The second-order valence-corrected chi connectivity index (χ2v) is 4.55. The van der Waals surface area contributed by atoms with Crippen LogP contribution in [0.1, 0.15) is 6.42 Å². The highest BCUT2D eigenvalue weighted by molar-refractivity contribution is 6.32. The van der Waals surface area contributed by atoms with E-state index >= 15 is 0 Å². The van der Waals surface area contributed by atoms with Crippen LogP contribution in [0.3, 0.4) is 0 Å². The highest BCUT2D eigenvalue weighted by Gasteiger charge is 2.16. The maximum Gasteiger partial charge on any atom is 0.226 e. The van der Waals surface area contributed by atoms with Gasteiger partial charge in [-0.15, -0.1) is 0 Å². The zero-order valence-corrected chi connectivity index (χ0v) is 10.5. The molecule has 1 aliphatic heterocycles. The number of morpholine rings is 1. The Hall–Kier alpha value is -1.30. The number of halogens is 1. The topological polar surface area (TPSA) is 70.6 Å². The van der Waals surface area contributed by atoms with Crippen LogP contribution in [0.5, 0.6) is 5.75 Å². The van der Waals surface area contributed by atoms with Gasteiger partial charge in [-0.25, -0.2) is 0 Å². The Balaban J connectivity index is 1.88. The zero-order chi connectivity index (χ0) is 13.0. The van der Waals surface area contributed by atoms with Crippen LogP contribution >= 0.6 is 11.6 Å². The predicted molar refractivity (Wildman–Crippen MR) is 69.0 cm³/mol. The van der Waals surface area contributed by atoms with Crippen molar-refractivity contribution in [3.63, 3.8) is 0 Å². The Labute approximate surface area is 110 Å². The molecule has 0 spiro atoms. The first-order valence-corrected chi connectivity index (χ1v) is 6.12. The number of benzene rings is 1. The van der Waals surface area contributed by atoms with Crippen molar-refractivity contribution in [3.8, 4) is 5.75 Å². The molecule has 3 N–H and O–H groups in total. The lowest BCUT2D eigenvalue weighted by Gasteiger charge is -2.23. The van der Waals surface area contributed by atoms with Crippen molar-refractivity contribution in [2.45, 2.75) is 12.5 Å². The molecule has 0 aliphatic carbocycles. The quantitative estimate of drug-likeness (QED) is 0.726. The van der Waals surface area contributed by atoms with Crippen LogP contribution in [0.15, 0.2) is 18.2 Å². The van der Waals surface area contributed by atoms with Gasteiger partial charge >= 0.3 is 0 Å². The summed E-state index contributed by atoms with van der Waals surface area (Å²) in [7, 11) is 0.